The van der Waals surface area contributed by atoms with Crippen LogP contribution in [-0.4, -0.2) is 69.6 Å². The van der Waals surface area contributed by atoms with E-state index in [2.05, 4.69) is 4.98 Å². The lowest BCUT2D eigenvalue weighted by atomic mass is 9.94. The number of aromatic nitrogens is 1. The third-order valence-corrected chi connectivity index (χ3v) is 7.26. The molecule has 5 atom stereocenters. The summed E-state index contributed by atoms with van der Waals surface area (Å²) in [5.74, 6) is -0.605. The van der Waals surface area contributed by atoms with Gasteiger partial charge in [-0.25, -0.2) is 4.98 Å². The second-order valence-electron chi connectivity index (χ2n) is 8.64. The Kier molecular flexibility index (Phi) is 8.51. The maximum atomic E-state index is 13.2. The Labute approximate surface area is 201 Å². The highest BCUT2D eigenvalue weighted by atomic mass is 32.2. The van der Waals surface area contributed by atoms with Crippen molar-refractivity contribution in [1.29, 1.82) is 0 Å². The number of likely N-dealkylation sites (tertiary alicyclic amines) is 1. The molecule has 13 heteroatoms. The summed E-state index contributed by atoms with van der Waals surface area (Å²) in [6, 6.07) is 1.97. The van der Waals surface area contributed by atoms with Crippen LogP contribution in [0.4, 0.5) is 26.3 Å². The maximum absolute atomic E-state index is 13.2. The number of nitrogens with zero attached hydrogens (tertiary/aromatic N) is 2. The van der Waals surface area contributed by atoms with Crippen LogP contribution in [0.2, 0.25) is 0 Å². The van der Waals surface area contributed by atoms with Gasteiger partial charge >= 0.3 is 12.4 Å². The van der Waals surface area contributed by atoms with Crippen LogP contribution < -0.4 is 4.74 Å². The highest BCUT2D eigenvalue weighted by Crippen LogP contribution is 2.32. The Morgan fingerprint density at radius 2 is 1.91 bits per heavy atom. The smallest absolute Gasteiger partial charge is 0.417 e. The summed E-state index contributed by atoms with van der Waals surface area (Å²) < 4.78 is 99.6. The molecule has 35 heavy (non-hydrogen) atoms. The predicted molar refractivity (Wildman–Crippen MR) is 115 cm³/mol. The summed E-state index contributed by atoms with van der Waals surface area (Å²) in [5.41, 5.74) is -0.829. The van der Waals surface area contributed by atoms with Gasteiger partial charge in [0.05, 0.1) is 23.5 Å². The highest BCUT2D eigenvalue weighted by Gasteiger charge is 2.42. The third-order valence-electron chi connectivity index (χ3n) is 6.03. The zero-order chi connectivity index (χ0) is 26.0. The number of alkyl halides is 6. The van der Waals surface area contributed by atoms with Crippen LogP contribution in [-0.2, 0) is 26.5 Å². The number of rotatable bonds is 7. The first-order valence-electron chi connectivity index (χ1n) is 11.0. The van der Waals surface area contributed by atoms with E-state index in [1.54, 1.807) is 0 Å². The molecule has 1 aliphatic heterocycles. The molecule has 0 N–H and O–H groups in total. The Bertz CT molecular complexity index is 951. The number of carbonyl (C=O) groups excluding carboxylic acids is 1. The van der Waals surface area contributed by atoms with Crippen molar-refractivity contribution in [2.24, 2.45) is 5.92 Å². The van der Waals surface area contributed by atoms with Crippen LogP contribution in [0.25, 0.3) is 0 Å². The average molecular weight is 529 g/mol. The fourth-order valence-corrected chi connectivity index (χ4v) is 4.78. The molecular formula is C22H26F6N2O4S. The van der Waals surface area contributed by atoms with Gasteiger partial charge in [-0.15, -0.1) is 0 Å². The van der Waals surface area contributed by atoms with Gasteiger partial charge in [0.1, 0.15) is 0 Å². The van der Waals surface area contributed by atoms with Crippen LogP contribution in [0.1, 0.15) is 31.7 Å². The second-order valence-corrected chi connectivity index (χ2v) is 10.2. The summed E-state index contributed by atoms with van der Waals surface area (Å²) in [6.07, 6.45) is -7.59. The van der Waals surface area contributed by atoms with E-state index in [0.717, 1.165) is 19.1 Å². The molecule has 2 heterocycles. The van der Waals surface area contributed by atoms with Crippen molar-refractivity contribution in [2.45, 2.75) is 56.0 Å². The first-order valence-corrected chi connectivity index (χ1v) is 12.6. The van der Waals surface area contributed by atoms with Crippen molar-refractivity contribution < 1.29 is 44.8 Å². The van der Waals surface area contributed by atoms with Gasteiger partial charge in [0.25, 0.3) is 5.91 Å². The van der Waals surface area contributed by atoms with Crippen LogP contribution in [0, 0.1) is 5.92 Å². The number of halogens is 6. The van der Waals surface area contributed by atoms with Gasteiger partial charge in [-0.3, -0.25) is 9.00 Å². The van der Waals surface area contributed by atoms with E-state index in [0.29, 0.717) is 25.6 Å². The van der Waals surface area contributed by atoms with Gasteiger partial charge in [0.15, 0.2) is 6.10 Å². The lowest BCUT2D eigenvalue weighted by molar-refractivity contribution is -0.224. The van der Waals surface area contributed by atoms with E-state index >= 15 is 0 Å². The predicted octanol–water partition coefficient (Wildman–Crippen LogP) is 4.13. The van der Waals surface area contributed by atoms with Gasteiger partial charge in [-0.1, -0.05) is 6.08 Å². The Morgan fingerprint density at radius 1 is 1.20 bits per heavy atom. The first-order chi connectivity index (χ1) is 16.3. The SMILES string of the molecule is C[C@H](OC1CCC(S(C)=O)C=C1C(=O)N1CCC(COc2ccc(C(F)(F)F)cn2)C1)C(F)(F)F. The van der Waals surface area contributed by atoms with Crippen LogP contribution in [0.15, 0.2) is 30.0 Å². The van der Waals surface area contributed by atoms with Crippen molar-refractivity contribution in [1.82, 2.24) is 9.88 Å². The molecule has 1 amide bonds. The van der Waals surface area contributed by atoms with Crippen molar-refractivity contribution >= 4 is 16.7 Å². The standard InChI is InChI=1S/C22H26F6N2O4S/c1-13(21(23,24)25)34-18-5-4-16(35(2)32)9-17(18)20(31)30-8-7-14(11-30)12-33-19-6-3-15(10-29-19)22(26,27)28/h3,6,9-10,13-14,16,18H,4-5,7-8,11-12H2,1-2H3/t13-,14?,16?,18?,35?/m0/s1. The van der Waals surface area contributed by atoms with Crippen molar-refractivity contribution in [2.75, 3.05) is 26.0 Å². The molecule has 0 radical (unpaired) electrons. The monoisotopic (exact) mass is 528 g/mol. The fourth-order valence-electron chi connectivity index (χ4n) is 3.97. The number of ether oxygens (including phenoxy) is 2. The van der Waals surface area contributed by atoms with E-state index in [4.69, 9.17) is 9.47 Å². The topological polar surface area (TPSA) is 68.7 Å². The minimum Gasteiger partial charge on any atom is -0.477 e. The largest absolute Gasteiger partial charge is 0.477 e. The van der Waals surface area contributed by atoms with E-state index in [1.807, 2.05) is 0 Å². The maximum Gasteiger partial charge on any atom is 0.417 e. The Hall–Kier alpha value is -2.15. The molecule has 0 bridgehead atoms. The highest BCUT2D eigenvalue weighted by molar-refractivity contribution is 7.85. The minimum absolute atomic E-state index is 0.0145. The average Bonchev–Trinajstić information content (AvgIpc) is 3.25. The quantitative estimate of drug-likeness (QED) is 0.498. The molecule has 0 aromatic carbocycles. The molecule has 1 aromatic heterocycles. The van der Waals surface area contributed by atoms with Gasteiger partial charge in [-0.2, -0.15) is 26.3 Å². The zero-order valence-corrected chi connectivity index (χ0v) is 19.9. The molecule has 196 valence electrons. The molecule has 1 fully saturated rings. The van der Waals surface area contributed by atoms with Gasteiger partial charge in [0.2, 0.25) is 5.88 Å². The van der Waals surface area contributed by atoms with Crippen molar-refractivity contribution in [3.05, 3.63) is 35.5 Å². The van der Waals surface area contributed by atoms with E-state index in [-0.39, 0.29) is 36.9 Å². The lowest BCUT2D eigenvalue weighted by Crippen LogP contribution is -2.41. The first kappa shape index (κ1) is 27.4. The summed E-state index contributed by atoms with van der Waals surface area (Å²) in [7, 11) is -1.30. The summed E-state index contributed by atoms with van der Waals surface area (Å²) in [4.78, 5) is 18.3. The van der Waals surface area contributed by atoms with Gasteiger partial charge in [0, 0.05) is 53.9 Å². The molecule has 6 nitrogen and oxygen atoms in total. The molecule has 0 saturated carbocycles. The van der Waals surface area contributed by atoms with Crippen LogP contribution in [0.5, 0.6) is 5.88 Å². The molecule has 2 aliphatic rings. The molecule has 1 aliphatic carbocycles. The van der Waals surface area contributed by atoms with Crippen molar-refractivity contribution in [3.63, 3.8) is 0 Å². The molecule has 0 spiro atoms. The minimum atomic E-state index is -4.58. The Morgan fingerprint density at radius 3 is 2.49 bits per heavy atom. The van der Waals surface area contributed by atoms with Gasteiger partial charge < -0.3 is 14.4 Å². The fraction of sp³-hybridized carbons (Fsp3) is 0.636. The number of amides is 1. The molecule has 3 rings (SSSR count). The molecule has 1 aromatic rings. The molecule has 1 saturated heterocycles. The summed E-state index contributed by atoms with van der Waals surface area (Å²) in [5, 5.41) is -0.456. The normalized spacial score (nSPS) is 25.2. The molecule has 4 unspecified atom stereocenters. The van der Waals surface area contributed by atoms with E-state index in [1.165, 1.54) is 17.2 Å². The van der Waals surface area contributed by atoms with Crippen LogP contribution in [0.3, 0.4) is 0 Å². The van der Waals surface area contributed by atoms with E-state index < -0.39 is 52.1 Å². The van der Waals surface area contributed by atoms with Gasteiger partial charge in [-0.05, 0) is 32.3 Å². The van der Waals surface area contributed by atoms with Crippen LogP contribution >= 0.6 is 0 Å². The number of pyridine rings is 1. The summed E-state index contributed by atoms with van der Waals surface area (Å²) in [6.45, 7) is 1.56. The number of hydrogen-bond donors (Lipinski definition) is 0. The Balaban J connectivity index is 1.63. The van der Waals surface area contributed by atoms with Crippen molar-refractivity contribution in [3.8, 4) is 5.88 Å². The molecular weight excluding hydrogens is 502 g/mol. The van der Waals surface area contributed by atoms with E-state index in [9.17, 15) is 35.3 Å². The second kappa shape index (κ2) is 10.9. The summed E-state index contributed by atoms with van der Waals surface area (Å²) >= 11 is 0. The third kappa shape index (κ3) is 7.18. The number of carbonyl (C=O) groups is 1. The zero-order valence-electron chi connectivity index (χ0n) is 19.1. The lowest BCUT2D eigenvalue weighted by Gasteiger charge is -2.32. The number of hydrogen-bond acceptors (Lipinski definition) is 5.